The maximum Gasteiger partial charge on any atom is 0.0195 e. The summed E-state index contributed by atoms with van der Waals surface area (Å²) in [7, 11) is 0. The van der Waals surface area contributed by atoms with Crippen LogP contribution in [-0.4, -0.2) is 54.3 Å². The minimum absolute atomic E-state index is 0.428. The summed E-state index contributed by atoms with van der Waals surface area (Å²) in [6, 6.07) is 0.708. The van der Waals surface area contributed by atoms with Gasteiger partial charge in [-0.25, -0.2) is 0 Å². The molecule has 0 aliphatic carbocycles. The molecule has 1 saturated heterocycles. The van der Waals surface area contributed by atoms with Gasteiger partial charge < -0.3 is 0 Å². The molecule has 17 heavy (non-hydrogen) atoms. The van der Waals surface area contributed by atoms with Crippen LogP contribution in [0.2, 0.25) is 0 Å². The van der Waals surface area contributed by atoms with Crippen LogP contribution in [0.25, 0.3) is 0 Å². The monoisotopic (exact) mass is 258 g/mol. The number of piperazine rings is 1. The Bertz CT molecular complexity index is 208. The highest BCUT2D eigenvalue weighted by atomic mass is 32.1. The Morgan fingerprint density at radius 2 is 1.82 bits per heavy atom. The van der Waals surface area contributed by atoms with E-state index in [1.165, 1.54) is 45.6 Å². The highest BCUT2D eigenvalue weighted by molar-refractivity contribution is 7.80. The van der Waals surface area contributed by atoms with Crippen LogP contribution in [0.4, 0.5) is 0 Å². The maximum absolute atomic E-state index is 4.58. The van der Waals surface area contributed by atoms with Gasteiger partial charge in [0.25, 0.3) is 0 Å². The second kappa shape index (κ2) is 7.01. The van der Waals surface area contributed by atoms with E-state index in [0.29, 0.717) is 11.5 Å². The van der Waals surface area contributed by atoms with Gasteiger partial charge in [0.15, 0.2) is 0 Å². The number of thiol groups is 1. The third-order valence-corrected chi connectivity index (χ3v) is 5.32. The van der Waals surface area contributed by atoms with Crippen LogP contribution in [0, 0.1) is 5.41 Å². The standard InChI is InChI=1S/C14H30N2S/c1-5-14(6-2,12-17)11-15-8-9-16(7-3)13(4)10-15/h13,17H,5-12H2,1-4H3. The molecule has 1 aliphatic rings. The molecule has 0 spiro atoms. The summed E-state index contributed by atoms with van der Waals surface area (Å²) >= 11 is 4.58. The Balaban J connectivity index is 2.52. The smallest absolute Gasteiger partial charge is 0.0195 e. The van der Waals surface area contributed by atoms with E-state index in [-0.39, 0.29) is 0 Å². The fourth-order valence-electron chi connectivity index (χ4n) is 2.91. The predicted molar refractivity (Wildman–Crippen MR) is 80.0 cm³/mol. The Labute approximate surface area is 113 Å². The highest BCUT2D eigenvalue weighted by Gasteiger charge is 2.30. The van der Waals surface area contributed by atoms with Crippen LogP contribution in [0.5, 0.6) is 0 Å². The molecule has 0 bridgehead atoms. The summed E-state index contributed by atoms with van der Waals surface area (Å²) in [5, 5.41) is 0. The SMILES string of the molecule is CCN1CCN(CC(CC)(CC)CS)CC1C. The summed E-state index contributed by atoms with van der Waals surface area (Å²) in [5.74, 6) is 1.02. The van der Waals surface area contributed by atoms with Crippen molar-refractivity contribution in [2.75, 3.05) is 38.5 Å². The van der Waals surface area contributed by atoms with Crippen LogP contribution in [0.1, 0.15) is 40.5 Å². The molecule has 0 N–H and O–H groups in total. The summed E-state index contributed by atoms with van der Waals surface area (Å²) in [6.07, 6.45) is 2.49. The lowest BCUT2D eigenvalue weighted by molar-refractivity contribution is 0.0569. The molecular weight excluding hydrogens is 228 g/mol. The third-order valence-electron chi connectivity index (χ3n) is 4.65. The normalized spacial score (nSPS) is 24.2. The van der Waals surface area contributed by atoms with Crippen molar-refractivity contribution in [1.29, 1.82) is 0 Å². The second-order valence-electron chi connectivity index (χ2n) is 5.58. The Kier molecular flexibility index (Phi) is 6.32. The first-order valence-corrected chi connectivity index (χ1v) is 7.81. The maximum atomic E-state index is 4.58. The lowest BCUT2D eigenvalue weighted by Gasteiger charge is -2.43. The van der Waals surface area contributed by atoms with Crippen molar-refractivity contribution in [3.05, 3.63) is 0 Å². The van der Waals surface area contributed by atoms with Crippen molar-refractivity contribution in [3.8, 4) is 0 Å². The zero-order valence-corrected chi connectivity index (χ0v) is 13.0. The molecular formula is C14H30N2S. The van der Waals surface area contributed by atoms with Crippen molar-refractivity contribution in [2.45, 2.75) is 46.6 Å². The second-order valence-corrected chi connectivity index (χ2v) is 5.89. The zero-order chi connectivity index (χ0) is 12.9. The molecule has 0 aromatic carbocycles. The van der Waals surface area contributed by atoms with Gasteiger partial charge in [0.05, 0.1) is 0 Å². The molecule has 102 valence electrons. The molecule has 0 amide bonds. The number of rotatable bonds is 6. The molecule has 1 rings (SSSR count). The fourth-order valence-corrected chi connectivity index (χ4v) is 3.45. The molecule has 1 unspecified atom stereocenters. The Morgan fingerprint density at radius 3 is 2.24 bits per heavy atom. The van der Waals surface area contributed by atoms with Gasteiger partial charge >= 0.3 is 0 Å². The summed E-state index contributed by atoms with van der Waals surface area (Å²) in [6.45, 7) is 15.3. The van der Waals surface area contributed by atoms with Gasteiger partial charge in [0.1, 0.15) is 0 Å². The van der Waals surface area contributed by atoms with Gasteiger partial charge in [-0.05, 0) is 37.5 Å². The van der Waals surface area contributed by atoms with E-state index in [0.717, 1.165) is 5.75 Å². The summed E-state index contributed by atoms with van der Waals surface area (Å²) in [5.41, 5.74) is 0.428. The van der Waals surface area contributed by atoms with E-state index < -0.39 is 0 Å². The lowest BCUT2D eigenvalue weighted by atomic mass is 9.83. The van der Waals surface area contributed by atoms with Gasteiger partial charge in [-0.3, -0.25) is 9.80 Å². The van der Waals surface area contributed by atoms with Crippen LogP contribution in [0.15, 0.2) is 0 Å². The van der Waals surface area contributed by atoms with E-state index in [1.807, 2.05) is 0 Å². The van der Waals surface area contributed by atoms with Crippen molar-refractivity contribution in [3.63, 3.8) is 0 Å². The van der Waals surface area contributed by atoms with E-state index >= 15 is 0 Å². The van der Waals surface area contributed by atoms with E-state index in [2.05, 4.69) is 50.1 Å². The lowest BCUT2D eigenvalue weighted by Crippen LogP contribution is -2.54. The van der Waals surface area contributed by atoms with Crippen LogP contribution >= 0.6 is 12.6 Å². The van der Waals surface area contributed by atoms with Crippen molar-refractivity contribution >= 4 is 12.6 Å². The van der Waals surface area contributed by atoms with E-state index in [9.17, 15) is 0 Å². The fraction of sp³-hybridized carbons (Fsp3) is 1.00. The van der Waals surface area contributed by atoms with Gasteiger partial charge in [-0.1, -0.05) is 20.8 Å². The van der Waals surface area contributed by atoms with Gasteiger partial charge in [-0.2, -0.15) is 12.6 Å². The minimum Gasteiger partial charge on any atom is -0.300 e. The van der Waals surface area contributed by atoms with Crippen molar-refractivity contribution in [2.24, 2.45) is 5.41 Å². The molecule has 3 heteroatoms. The molecule has 0 aromatic heterocycles. The Hall–Kier alpha value is 0.270. The molecule has 1 heterocycles. The van der Waals surface area contributed by atoms with Crippen molar-refractivity contribution in [1.82, 2.24) is 9.80 Å². The quantitative estimate of drug-likeness (QED) is 0.732. The molecule has 1 atom stereocenters. The topological polar surface area (TPSA) is 6.48 Å². The largest absolute Gasteiger partial charge is 0.300 e. The molecule has 0 radical (unpaired) electrons. The molecule has 2 nitrogen and oxygen atoms in total. The number of likely N-dealkylation sites (N-methyl/N-ethyl adjacent to an activating group) is 1. The molecule has 1 aliphatic heterocycles. The van der Waals surface area contributed by atoms with Crippen LogP contribution in [-0.2, 0) is 0 Å². The third kappa shape index (κ3) is 3.87. The average molecular weight is 258 g/mol. The first-order valence-electron chi connectivity index (χ1n) is 7.18. The zero-order valence-electron chi connectivity index (χ0n) is 12.1. The highest BCUT2D eigenvalue weighted by Crippen LogP contribution is 2.29. The number of hydrogen-bond acceptors (Lipinski definition) is 3. The van der Waals surface area contributed by atoms with Gasteiger partial charge in [-0.15, -0.1) is 0 Å². The minimum atomic E-state index is 0.428. The van der Waals surface area contributed by atoms with Gasteiger partial charge in [0, 0.05) is 32.2 Å². The number of nitrogens with zero attached hydrogens (tertiary/aromatic N) is 2. The van der Waals surface area contributed by atoms with E-state index in [4.69, 9.17) is 0 Å². The summed E-state index contributed by atoms with van der Waals surface area (Å²) < 4.78 is 0. The Morgan fingerprint density at radius 1 is 1.18 bits per heavy atom. The van der Waals surface area contributed by atoms with Crippen LogP contribution < -0.4 is 0 Å². The van der Waals surface area contributed by atoms with Crippen LogP contribution in [0.3, 0.4) is 0 Å². The number of hydrogen-bond donors (Lipinski definition) is 1. The van der Waals surface area contributed by atoms with Gasteiger partial charge in [0.2, 0.25) is 0 Å². The van der Waals surface area contributed by atoms with E-state index in [1.54, 1.807) is 0 Å². The average Bonchev–Trinajstić information content (AvgIpc) is 2.36. The predicted octanol–water partition coefficient (Wildman–Crippen LogP) is 2.75. The molecule has 0 aromatic rings. The first kappa shape index (κ1) is 15.3. The first-order chi connectivity index (χ1) is 8.10. The van der Waals surface area contributed by atoms with Crippen molar-refractivity contribution < 1.29 is 0 Å². The molecule has 1 fully saturated rings. The summed E-state index contributed by atoms with van der Waals surface area (Å²) in [4.78, 5) is 5.23. The molecule has 0 saturated carbocycles.